The molecule has 0 aliphatic rings. The van der Waals surface area contributed by atoms with Crippen molar-refractivity contribution in [2.24, 2.45) is 0 Å². The van der Waals surface area contributed by atoms with E-state index in [0.717, 1.165) is 17.8 Å². The molecule has 5 nitrogen and oxygen atoms in total. The topological polar surface area (TPSA) is 62.7 Å². The lowest BCUT2D eigenvalue weighted by Crippen LogP contribution is -2.07. The van der Waals surface area contributed by atoms with Crippen LogP contribution < -0.4 is 10.6 Å². The van der Waals surface area contributed by atoms with Crippen LogP contribution in [0.5, 0.6) is 0 Å². The molecule has 0 unspecified atom stereocenters. The Kier molecular flexibility index (Phi) is 4.70. The second kappa shape index (κ2) is 7.08. The van der Waals surface area contributed by atoms with Gasteiger partial charge in [0.05, 0.1) is 0 Å². The fraction of sp³-hybridized carbons (Fsp3) is 0.211. The quantitative estimate of drug-likeness (QED) is 0.723. The van der Waals surface area contributed by atoms with Crippen molar-refractivity contribution >= 4 is 23.3 Å². The molecule has 0 aliphatic carbocycles. The monoisotopic (exact) mass is 319 g/mol. The molecular formula is C19H21N5. The van der Waals surface area contributed by atoms with Gasteiger partial charge in [-0.05, 0) is 43.5 Å². The maximum absolute atomic E-state index is 4.50. The van der Waals surface area contributed by atoms with Crippen molar-refractivity contribution in [1.29, 1.82) is 0 Å². The smallest absolute Gasteiger partial charge is 0.232 e. The standard InChI is InChI=1S/C19H21N5/c1-4-15-10-8-9-13(2)17(15)23-19-21-14(3)20-18(24-19)22-16-11-6-5-7-12-16/h5-12H,4H2,1-3H3,(H2,20,21,22,23,24). The summed E-state index contributed by atoms with van der Waals surface area (Å²) >= 11 is 0. The average molecular weight is 319 g/mol. The number of nitrogens with one attached hydrogen (secondary N) is 2. The summed E-state index contributed by atoms with van der Waals surface area (Å²) in [6.07, 6.45) is 0.948. The molecule has 1 heterocycles. The van der Waals surface area contributed by atoms with E-state index < -0.39 is 0 Å². The van der Waals surface area contributed by atoms with Gasteiger partial charge in [-0.2, -0.15) is 15.0 Å². The highest BCUT2D eigenvalue weighted by atomic mass is 15.2. The number of aromatic nitrogens is 3. The van der Waals surface area contributed by atoms with Crippen LogP contribution in [-0.4, -0.2) is 15.0 Å². The lowest BCUT2D eigenvalue weighted by atomic mass is 10.1. The van der Waals surface area contributed by atoms with Gasteiger partial charge in [0, 0.05) is 11.4 Å². The van der Waals surface area contributed by atoms with Gasteiger partial charge < -0.3 is 10.6 Å². The van der Waals surface area contributed by atoms with Crippen LogP contribution in [0, 0.1) is 13.8 Å². The maximum atomic E-state index is 4.50. The minimum atomic E-state index is 0.530. The van der Waals surface area contributed by atoms with Gasteiger partial charge in [-0.15, -0.1) is 0 Å². The zero-order valence-electron chi connectivity index (χ0n) is 14.2. The van der Waals surface area contributed by atoms with Crippen molar-refractivity contribution in [3.63, 3.8) is 0 Å². The first-order valence-corrected chi connectivity index (χ1v) is 8.06. The first-order valence-electron chi connectivity index (χ1n) is 8.06. The summed E-state index contributed by atoms with van der Waals surface area (Å²) < 4.78 is 0. The van der Waals surface area contributed by atoms with E-state index in [1.165, 1.54) is 11.1 Å². The Morgan fingerprint density at radius 3 is 2.21 bits per heavy atom. The van der Waals surface area contributed by atoms with Crippen LogP contribution in [0.25, 0.3) is 0 Å². The highest BCUT2D eigenvalue weighted by Gasteiger charge is 2.09. The van der Waals surface area contributed by atoms with E-state index in [9.17, 15) is 0 Å². The lowest BCUT2D eigenvalue weighted by Gasteiger charge is -2.14. The largest absolute Gasteiger partial charge is 0.324 e. The normalized spacial score (nSPS) is 10.5. The molecule has 0 radical (unpaired) electrons. The Morgan fingerprint density at radius 1 is 0.792 bits per heavy atom. The van der Waals surface area contributed by atoms with Crippen molar-refractivity contribution in [2.45, 2.75) is 27.2 Å². The van der Waals surface area contributed by atoms with Gasteiger partial charge in [-0.1, -0.05) is 43.3 Å². The molecule has 0 aliphatic heterocycles. The van der Waals surface area contributed by atoms with Crippen LogP contribution in [0.3, 0.4) is 0 Å². The number of anilines is 4. The Balaban J connectivity index is 1.90. The second-order valence-electron chi connectivity index (χ2n) is 5.61. The van der Waals surface area contributed by atoms with Crippen molar-refractivity contribution in [3.8, 4) is 0 Å². The first kappa shape index (κ1) is 15.9. The molecule has 3 aromatic rings. The minimum Gasteiger partial charge on any atom is -0.324 e. The van der Waals surface area contributed by atoms with Crippen molar-refractivity contribution in [2.75, 3.05) is 10.6 Å². The summed E-state index contributed by atoms with van der Waals surface area (Å²) in [6.45, 7) is 6.08. The first-order chi connectivity index (χ1) is 11.7. The summed E-state index contributed by atoms with van der Waals surface area (Å²) in [5, 5.41) is 6.57. The van der Waals surface area contributed by atoms with Crippen LogP contribution in [0.15, 0.2) is 48.5 Å². The molecule has 1 aromatic heterocycles. The van der Waals surface area contributed by atoms with E-state index in [2.05, 4.69) is 57.6 Å². The van der Waals surface area contributed by atoms with Gasteiger partial charge in [0.1, 0.15) is 5.82 Å². The van der Waals surface area contributed by atoms with Gasteiger partial charge in [-0.25, -0.2) is 0 Å². The van der Waals surface area contributed by atoms with Crippen LogP contribution >= 0.6 is 0 Å². The van der Waals surface area contributed by atoms with Crippen molar-refractivity contribution < 1.29 is 0 Å². The number of hydrogen-bond acceptors (Lipinski definition) is 5. The van der Waals surface area contributed by atoms with Crippen LogP contribution in [0.4, 0.5) is 23.3 Å². The molecule has 24 heavy (non-hydrogen) atoms. The molecule has 0 amide bonds. The summed E-state index contributed by atoms with van der Waals surface area (Å²) in [6, 6.07) is 16.1. The zero-order chi connectivity index (χ0) is 16.9. The van der Waals surface area contributed by atoms with Crippen LogP contribution in [-0.2, 0) is 6.42 Å². The SMILES string of the molecule is CCc1cccc(C)c1Nc1nc(C)nc(Nc2ccccc2)n1. The van der Waals surface area contributed by atoms with Gasteiger partial charge in [-0.3, -0.25) is 0 Å². The van der Waals surface area contributed by atoms with E-state index in [4.69, 9.17) is 0 Å². The zero-order valence-corrected chi connectivity index (χ0v) is 14.2. The third-order valence-corrected chi connectivity index (χ3v) is 3.75. The molecule has 0 saturated carbocycles. The summed E-state index contributed by atoms with van der Waals surface area (Å²) in [7, 11) is 0. The summed E-state index contributed by atoms with van der Waals surface area (Å²) in [4.78, 5) is 13.3. The van der Waals surface area contributed by atoms with Crippen LogP contribution in [0.2, 0.25) is 0 Å². The van der Waals surface area contributed by atoms with Gasteiger partial charge in [0.15, 0.2) is 0 Å². The molecule has 2 N–H and O–H groups in total. The molecule has 0 fully saturated rings. The van der Waals surface area contributed by atoms with E-state index in [1.54, 1.807) is 0 Å². The molecule has 0 bridgehead atoms. The fourth-order valence-corrected chi connectivity index (χ4v) is 2.56. The Hall–Kier alpha value is -2.95. The van der Waals surface area contributed by atoms with Gasteiger partial charge in [0.25, 0.3) is 0 Å². The molecule has 0 saturated heterocycles. The van der Waals surface area contributed by atoms with Crippen LogP contribution in [0.1, 0.15) is 23.9 Å². The second-order valence-corrected chi connectivity index (χ2v) is 5.61. The molecule has 122 valence electrons. The third-order valence-electron chi connectivity index (χ3n) is 3.75. The number of nitrogens with zero attached hydrogens (tertiary/aromatic N) is 3. The van der Waals surface area contributed by atoms with Gasteiger partial charge in [0.2, 0.25) is 11.9 Å². The third kappa shape index (κ3) is 3.68. The molecule has 2 aromatic carbocycles. The van der Waals surface area contributed by atoms with E-state index in [0.29, 0.717) is 17.7 Å². The highest BCUT2D eigenvalue weighted by molar-refractivity contribution is 5.64. The Morgan fingerprint density at radius 2 is 1.50 bits per heavy atom. The van der Waals surface area contributed by atoms with Gasteiger partial charge >= 0.3 is 0 Å². The number of aryl methyl sites for hydroxylation is 3. The summed E-state index contributed by atoms with van der Waals surface area (Å²) in [5.74, 6) is 1.74. The predicted octanol–water partition coefficient (Wildman–Crippen LogP) is 4.54. The molecular weight excluding hydrogens is 298 g/mol. The highest BCUT2D eigenvalue weighted by Crippen LogP contribution is 2.24. The lowest BCUT2D eigenvalue weighted by molar-refractivity contribution is 0.986. The fourth-order valence-electron chi connectivity index (χ4n) is 2.56. The Bertz CT molecular complexity index is 830. The molecule has 3 rings (SSSR count). The summed E-state index contributed by atoms with van der Waals surface area (Å²) in [5.41, 5.74) is 4.42. The maximum Gasteiger partial charge on any atom is 0.232 e. The molecule has 0 spiro atoms. The van der Waals surface area contributed by atoms with Crippen molar-refractivity contribution in [1.82, 2.24) is 15.0 Å². The molecule has 0 atom stereocenters. The minimum absolute atomic E-state index is 0.530. The van der Waals surface area contributed by atoms with E-state index in [-0.39, 0.29) is 0 Å². The predicted molar refractivity (Wildman–Crippen MR) is 98.1 cm³/mol. The van der Waals surface area contributed by atoms with Crippen molar-refractivity contribution in [3.05, 3.63) is 65.5 Å². The van der Waals surface area contributed by atoms with E-state index in [1.807, 2.05) is 37.3 Å². The average Bonchev–Trinajstić information content (AvgIpc) is 2.57. The number of para-hydroxylation sites is 2. The Labute approximate surface area is 142 Å². The number of rotatable bonds is 5. The van der Waals surface area contributed by atoms with E-state index >= 15 is 0 Å². The molecule has 5 heteroatoms. The number of benzene rings is 2. The number of hydrogen-bond donors (Lipinski definition) is 2.